The van der Waals surface area contributed by atoms with E-state index < -0.39 is 30.8 Å². The zero-order chi connectivity index (χ0) is 42.9. The van der Waals surface area contributed by atoms with E-state index >= 15 is 0 Å². The van der Waals surface area contributed by atoms with Crippen LogP contribution in [0.5, 0.6) is 33.4 Å². The Hall–Kier alpha value is -4.42. The number of alkyl halides is 4. The Bertz CT molecular complexity index is 2010. The molecule has 2 fully saturated rings. The van der Waals surface area contributed by atoms with Gasteiger partial charge in [0.15, 0.2) is 0 Å². The van der Waals surface area contributed by atoms with E-state index in [4.69, 9.17) is 47.9 Å². The summed E-state index contributed by atoms with van der Waals surface area (Å²) in [5.41, 5.74) is 5.69. The molecule has 2 aliphatic carbocycles. The van der Waals surface area contributed by atoms with Crippen LogP contribution >= 0.6 is 45.9 Å². The first kappa shape index (κ1) is 47.3. The topological polar surface area (TPSA) is 144 Å². The number of esters is 1. The Morgan fingerprint density at radius 1 is 0.814 bits per heavy atom. The predicted octanol–water partition coefficient (Wildman–Crippen LogP) is 10.7. The molecule has 4 aromatic rings. The second-order valence-corrected chi connectivity index (χ2v) is 16.0. The monoisotopic (exact) mass is 902 g/mol. The summed E-state index contributed by atoms with van der Waals surface area (Å²) < 4.78 is 73.5. The summed E-state index contributed by atoms with van der Waals surface area (Å²) in [5, 5.41) is 4.04. The molecule has 0 aliphatic heterocycles. The van der Waals surface area contributed by atoms with Crippen LogP contribution in [0.2, 0.25) is 10.0 Å². The lowest BCUT2D eigenvalue weighted by Gasteiger charge is -2.08. The largest absolute Gasteiger partial charge is 0.493 e. The molecule has 2 heterocycles. The minimum atomic E-state index is -3.03. The Morgan fingerprint density at radius 3 is 1.66 bits per heavy atom. The zero-order valence-electron chi connectivity index (χ0n) is 32.3. The lowest BCUT2D eigenvalue weighted by Crippen LogP contribution is -2.35. The summed E-state index contributed by atoms with van der Waals surface area (Å²) in [6.45, 7) is 6.46. The molecule has 2 aromatic heterocycles. The van der Waals surface area contributed by atoms with Gasteiger partial charge < -0.3 is 34.7 Å². The first-order valence-corrected chi connectivity index (χ1v) is 20.8. The van der Waals surface area contributed by atoms with Gasteiger partial charge in [-0.15, -0.1) is 0 Å². The summed E-state index contributed by atoms with van der Waals surface area (Å²) in [4.78, 5) is 30.9. The van der Waals surface area contributed by atoms with E-state index in [1.165, 1.54) is 55.3 Å². The van der Waals surface area contributed by atoms with Crippen molar-refractivity contribution in [3.05, 3.63) is 80.7 Å². The molecule has 2 saturated carbocycles. The number of hydrogen-bond donors (Lipinski definition) is 2. The number of carbonyl (C=O) groups excluding carboxylic acids is 2. The molecule has 11 nitrogen and oxygen atoms in total. The average molecular weight is 904 g/mol. The van der Waals surface area contributed by atoms with Gasteiger partial charge in [-0.1, -0.05) is 58.0 Å². The molecule has 6 rings (SSSR count). The Morgan fingerprint density at radius 2 is 1.29 bits per heavy atom. The maximum atomic E-state index is 12.2. The molecule has 19 heteroatoms. The lowest BCUT2D eigenvalue weighted by molar-refractivity contribution is -0.155. The molecule has 2 aliphatic rings. The second kappa shape index (κ2) is 24.0. The molecule has 0 saturated heterocycles. The number of amides is 1. The first-order chi connectivity index (χ1) is 28.2. The lowest BCUT2D eigenvalue weighted by atomic mass is 10.3. The third-order valence-electron chi connectivity index (χ3n) is 7.72. The Balaban J connectivity index is 0.000000223. The molecule has 2 aromatic carbocycles. The van der Waals surface area contributed by atoms with Crippen molar-refractivity contribution in [3.8, 4) is 33.4 Å². The van der Waals surface area contributed by atoms with Gasteiger partial charge in [0.1, 0.15) is 23.0 Å². The van der Waals surface area contributed by atoms with Crippen molar-refractivity contribution in [2.75, 3.05) is 19.8 Å². The number of benzene rings is 2. The highest BCUT2D eigenvalue weighted by atomic mass is 35.5. The second-order valence-electron chi connectivity index (χ2n) is 13.2. The maximum absolute atomic E-state index is 12.2. The maximum Gasteiger partial charge on any atom is 0.373 e. The van der Waals surface area contributed by atoms with Crippen LogP contribution in [0.1, 0.15) is 56.2 Å². The van der Waals surface area contributed by atoms with Gasteiger partial charge in [-0.25, -0.2) is 14.8 Å². The molecule has 320 valence electrons. The fourth-order valence-electron chi connectivity index (χ4n) is 4.31. The van der Waals surface area contributed by atoms with Crippen LogP contribution < -0.4 is 30.0 Å². The van der Waals surface area contributed by atoms with E-state index in [9.17, 15) is 27.2 Å². The molecule has 0 spiro atoms. The number of nitrogens with zero attached hydrogens (tertiary/aromatic N) is 2. The Kier molecular flexibility index (Phi) is 19.2. The average Bonchev–Trinajstić information content (AvgIpc) is 4.12. The van der Waals surface area contributed by atoms with Gasteiger partial charge in [-0.3, -0.25) is 4.79 Å². The summed E-state index contributed by atoms with van der Waals surface area (Å²) in [5.74, 6) is 1.12. The fraction of sp³-hybridized carbons (Fsp3) is 0.400. The summed E-state index contributed by atoms with van der Waals surface area (Å²) in [6.07, 6.45) is 9.39. The highest BCUT2D eigenvalue weighted by molar-refractivity contribution is 7.14. The van der Waals surface area contributed by atoms with Crippen molar-refractivity contribution in [3.63, 3.8) is 0 Å². The molecule has 0 unspecified atom stereocenters. The number of rotatable bonds is 18. The van der Waals surface area contributed by atoms with Crippen LogP contribution in [-0.4, -0.2) is 66.6 Å². The van der Waals surface area contributed by atoms with E-state index in [-0.39, 0.29) is 12.6 Å². The molecule has 0 bridgehead atoms. The standard InChI is InChI=1S/C19H19ClF2N2O3S.C17H19ClN2O2S.C4H6F2O2/c1-11(24-18(25)17(21)22)2-6-14-9-23-19(28-14)27-16-7-5-13(8-15(16)20)26-10-12-3-4-12;1-11(19)2-6-14-9-20-17(23-14)22-16-7-5-13(8-15(16)18)21-10-12-3-4-12;1-2-8-4(7)3(5)6/h2,5-9,11-12,17H,3-4,10H2,1H3,(H,24,25);2,5-9,11-12H,3-4,10,19H2,1H3;3H,2H2,1H3/b2*6-2+;/t2*11-;/m00./s1. The van der Waals surface area contributed by atoms with Crippen molar-refractivity contribution in [2.24, 2.45) is 17.6 Å². The van der Waals surface area contributed by atoms with Crippen LogP contribution in [0.4, 0.5) is 17.6 Å². The van der Waals surface area contributed by atoms with E-state index in [2.05, 4.69) is 20.0 Å². The van der Waals surface area contributed by atoms with Gasteiger partial charge in [-0.05, 0) is 94.7 Å². The van der Waals surface area contributed by atoms with E-state index in [0.717, 1.165) is 22.1 Å². The highest BCUT2D eigenvalue weighted by Gasteiger charge is 2.23. The van der Waals surface area contributed by atoms with Crippen LogP contribution in [0.3, 0.4) is 0 Å². The Labute approximate surface area is 357 Å². The summed E-state index contributed by atoms with van der Waals surface area (Å²) in [6, 6.07) is 10.2. The van der Waals surface area contributed by atoms with Crippen molar-refractivity contribution in [1.29, 1.82) is 0 Å². The number of ether oxygens (including phenoxy) is 5. The third-order valence-corrected chi connectivity index (χ3v) is 9.99. The van der Waals surface area contributed by atoms with Crippen molar-refractivity contribution in [2.45, 2.75) is 71.4 Å². The van der Waals surface area contributed by atoms with Gasteiger partial charge in [-0.2, -0.15) is 17.6 Å². The fourth-order valence-corrected chi connectivity index (χ4v) is 6.11. The van der Waals surface area contributed by atoms with E-state index in [0.29, 0.717) is 56.1 Å². The summed E-state index contributed by atoms with van der Waals surface area (Å²) in [7, 11) is 0. The highest BCUT2D eigenvalue weighted by Crippen LogP contribution is 2.37. The van der Waals surface area contributed by atoms with Crippen molar-refractivity contribution >= 4 is 69.9 Å². The molecule has 1 amide bonds. The smallest absolute Gasteiger partial charge is 0.373 e. The van der Waals surface area contributed by atoms with Gasteiger partial charge >= 0.3 is 18.8 Å². The van der Waals surface area contributed by atoms with Crippen LogP contribution in [-0.2, 0) is 14.3 Å². The van der Waals surface area contributed by atoms with Gasteiger partial charge in [0.2, 0.25) is 0 Å². The molecular weight excluding hydrogens is 859 g/mol. The molecular formula is C40H44Cl2F4N4O7S2. The first-order valence-electron chi connectivity index (χ1n) is 18.5. The van der Waals surface area contributed by atoms with Gasteiger partial charge in [0.25, 0.3) is 16.3 Å². The predicted molar refractivity (Wildman–Crippen MR) is 222 cm³/mol. The minimum absolute atomic E-state index is 0.00315. The van der Waals surface area contributed by atoms with E-state index in [1.54, 1.807) is 55.7 Å². The molecule has 59 heavy (non-hydrogen) atoms. The summed E-state index contributed by atoms with van der Waals surface area (Å²) >= 11 is 15.2. The van der Waals surface area contributed by atoms with Gasteiger partial charge in [0, 0.05) is 36.6 Å². The quantitative estimate of drug-likeness (QED) is 0.0731. The number of carbonyl (C=O) groups is 2. The normalized spacial score (nSPS) is 14.6. The molecule has 0 radical (unpaired) electrons. The van der Waals surface area contributed by atoms with Crippen molar-refractivity contribution < 1.29 is 50.8 Å². The molecule has 3 N–H and O–H groups in total. The number of aromatic nitrogens is 2. The molecule has 2 atom stereocenters. The van der Waals surface area contributed by atoms with Gasteiger partial charge in [0.05, 0.1) is 39.6 Å². The number of halogens is 6. The SMILES string of the molecule is CCOC(=O)C(F)F.C[C@@H](/C=C/c1cnc(Oc2ccc(OCC3CC3)cc2Cl)s1)NC(=O)C(F)F.C[C@H](N)/C=C/c1cnc(Oc2ccc(OCC3CC3)cc2Cl)s1. The van der Waals surface area contributed by atoms with Crippen LogP contribution in [0, 0.1) is 11.8 Å². The van der Waals surface area contributed by atoms with Crippen LogP contribution in [0.25, 0.3) is 12.2 Å². The van der Waals surface area contributed by atoms with E-state index in [1.807, 2.05) is 31.2 Å². The van der Waals surface area contributed by atoms with Crippen LogP contribution in [0.15, 0.2) is 60.9 Å². The minimum Gasteiger partial charge on any atom is -0.493 e. The number of nitrogens with two attached hydrogens (primary N) is 1. The third kappa shape index (κ3) is 18.2. The number of thiazole rings is 2. The van der Waals surface area contributed by atoms with Crippen molar-refractivity contribution in [1.82, 2.24) is 15.3 Å². The number of nitrogens with one attached hydrogen (secondary N) is 1. The zero-order valence-corrected chi connectivity index (χ0v) is 35.4. The number of hydrogen-bond acceptors (Lipinski definition) is 12.